The number of pyridine rings is 1. The first-order valence-corrected chi connectivity index (χ1v) is 6.08. The summed E-state index contributed by atoms with van der Waals surface area (Å²) in [6.07, 6.45) is 0.718. The second kappa shape index (κ2) is 5.17. The van der Waals surface area contributed by atoms with Gasteiger partial charge in [-0.2, -0.15) is 0 Å². The fourth-order valence-electron chi connectivity index (χ4n) is 2.01. The molecule has 100 valence electrons. The van der Waals surface area contributed by atoms with Crippen molar-refractivity contribution in [1.82, 2.24) is 4.98 Å². The van der Waals surface area contributed by atoms with Gasteiger partial charge in [0.1, 0.15) is 11.6 Å². The van der Waals surface area contributed by atoms with Crippen LogP contribution in [0.25, 0.3) is 10.9 Å². The molecule has 2 rings (SSSR count). The standard InChI is InChI=1S/C13H14FN3O2/c1-3-8-5-9-6-10(14)7-11(17(18)19)12(9)16-13(8)15-4-2/h5-7H,3-4H2,1-2H3,(H,15,16). The molecule has 1 aromatic heterocycles. The number of hydrogen-bond donors (Lipinski definition) is 1. The highest BCUT2D eigenvalue weighted by molar-refractivity contribution is 5.89. The maximum absolute atomic E-state index is 13.4. The molecule has 5 nitrogen and oxygen atoms in total. The Labute approximate surface area is 109 Å². The fourth-order valence-corrected chi connectivity index (χ4v) is 2.01. The van der Waals surface area contributed by atoms with Crippen molar-refractivity contribution in [2.45, 2.75) is 20.3 Å². The van der Waals surface area contributed by atoms with E-state index in [0.29, 0.717) is 17.7 Å². The molecule has 0 bridgehead atoms. The molecule has 0 fully saturated rings. The summed E-state index contributed by atoms with van der Waals surface area (Å²) in [5, 5.41) is 14.5. The van der Waals surface area contributed by atoms with Crippen LogP contribution in [0.4, 0.5) is 15.9 Å². The molecular formula is C13H14FN3O2. The van der Waals surface area contributed by atoms with Gasteiger partial charge in [0.05, 0.1) is 11.0 Å². The van der Waals surface area contributed by atoms with Crippen LogP contribution in [0, 0.1) is 15.9 Å². The number of nitro benzene ring substituents is 1. The van der Waals surface area contributed by atoms with E-state index in [-0.39, 0.29) is 11.2 Å². The molecule has 0 aliphatic carbocycles. The number of anilines is 1. The number of non-ortho nitro benzene ring substituents is 1. The zero-order valence-corrected chi connectivity index (χ0v) is 10.7. The van der Waals surface area contributed by atoms with E-state index in [9.17, 15) is 14.5 Å². The van der Waals surface area contributed by atoms with Gasteiger partial charge in [-0.15, -0.1) is 0 Å². The summed E-state index contributed by atoms with van der Waals surface area (Å²) in [7, 11) is 0. The van der Waals surface area contributed by atoms with Gasteiger partial charge in [0.15, 0.2) is 5.52 Å². The molecular weight excluding hydrogens is 249 g/mol. The van der Waals surface area contributed by atoms with Crippen LogP contribution in [-0.4, -0.2) is 16.5 Å². The Morgan fingerprint density at radius 2 is 2.11 bits per heavy atom. The Bertz CT molecular complexity index is 643. The molecule has 0 radical (unpaired) electrons. The van der Waals surface area contributed by atoms with Gasteiger partial charge in [0.25, 0.3) is 5.69 Å². The van der Waals surface area contributed by atoms with Crippen molar-refractivity contribution in [2.24, 2.45) is 0 Å². The normalized spacial score (nSPS) is 10.7. The maximum atomic E-state index is 13.4. The highest BCUT2D eigenvalue weighted by atomic mass is 19.1. The van der Waals surface area contributed by atoms with E-state index < -0.39 is 10.7 Å². The van der Waals surface area contributed by atoms with Crippen LogP contribution in [0.2, 0.25) is 0 Å². The molecule has 0 atom stereocenters. The van der Waals surface area contributed by atoms with Crippen molar-refractivity contribution in [1.29, 1.82) is 0 Å². The number of nitrogens with one attached hydrogen (secondary N) is 1. The third kappa shape index (κ3) is 2.47. The average Bonchev–Trinajstić information content (AvgIpc) is 2.37. The van der Waals surface area contributed by atoms with Crippen molar-refractivity contribution < 1.29 is 9.31 Å². The quantitative estimate of drug-likeness (QED) is 0.679. The monoisotopic (exact) mass is 263 g/mol. The smallest absolute Gasteiger partial charge is 0.298 e. The van der Waals surface area contributed by atoms with Gasteiger partial charge in [-0.1, -0.05) is 6.92 Å². The second-order valence-corrected chi connectivity index (χ2v) is 4.13. The number of halogens is 1. The van der Waals surface area contributed by atoms with Crippen LogP contribution in [0.15, 0.2) is 18.2 Å². The molecule has 0 aliphatic rings. The second-order valence-electron chi connectivity index (χ2n) is 4.13. The topological polar surface area (TPSA) is 68.1 Å². The molecule has 0 aliphatic heterocycles. The van der Waals surface area contributed by atoms with Crippen molar-refractivity contribution >= 4 is 22.4 Å². The van der Waals surface area contributed by atoms with E-state index in [4.69, 9.17) is 0 Å². The van der Waals surface area contributed by atoms with Gasteiger partial charge in [0.2, 0.25) is 0 Å². The summed E-state index contributed by atoms with van der Waals surface area (Å²) in [6.45, 7) is 4.54. The Kier molecular flexibility index (Phi) is 3.59. The van der Waals surface area contributed by atoms with Gasteiger partial charge in [0, 0.05) is 11.9 Å². The molecule has 6 heteroatoms. The highest BCUT2D eigenvalue weighted by Gasteiger charge is 2.17. The predicted molar refractivity (Wildman–Crippen MR) is 71.9 cm³/mol. The number of aromatic nitrogens is 1. The number of rotatable bonds is 4. The van der Waals surface area contributed by atoms with Gasteiger partial charge in [-0.25, -0.2) is 9.37 Å². The van der Waals surface area contributed by atoms with E-state index in [0.717, 1.165) is 18.1 Å². The van der Waals surface area contributed by atoms with Gasteiger partial charge < -0.3 is 5.32 Å². The number of nitro groups is 1. The Morgan fingerprint density at radius 3 is 2.68 bits per heavy atom. The lowest BCUT2D eigenvalue weighted by atomic mass is 10.1. The third-order valence-corrected chi connectivity index (χ3v) is 2.86. The SMILES string of the molecule is CCNc1nc2c([N+](=O)[O-])cc(F)cc2cc1CC. The number of hydrogen-bond acceptors (Lipinski definition) is 4. The molecule has 0 saturated carbocycles. The fraction of sp³-hybridized carbons (Fsp3) is 0.308. The molecule has 0 amide bonds. The van der Waals surface area contributed by atoms with Crippen molar-refractivity contribution in [2.75, 3.05) is 11.9 Å². The van der Waals surface area contributed by atoms with Crippen LogP contribution >= 0.6 is 0 Å². The minimum absolute atomic E-state index is 0.208. The molecule has 0 saturated heterocycles. The lowest BCUT2D eigenvalue weighted by Gasteiger charge is -2.10. The largest absolute Gasteiger partial charge is 0.370 e. The van der Waals surface area contributed by atoms with Gasteiger partial charge in [-0.05, 0) is 31.0 Å². The van der Waals surface area contributed by atoms with Crippen LogP contribution in [-0.2, 0) is 6.42 Å². The van der Waals surface area contributed by atoms with E-state index in [1.54, 1.807) is 6.07 Å². The molecule has 2 aromatic rings. The highest BCUT2D eigenvalue weighted by Crippen LogP contribution is 2.29. The number of benzene rings is 1. The predicted octanol–water partition coefficient (Wildman–Crippen LogP) is 3.28. The Morgan fingerprint density at radius 1 is 1.37 bits per heavy atom. The van der Waals surface area contributed by atoms with Crippen molar-refractivity contribution in [3.05, 3.63) is 39.7 Å². The zero-order valence-electron chi connectivity index (χ0n) is 10.7. The average molecular weight is 263 g/mol. The molecule has 0 spiro atoms. The molecule has 1 N–H and O–H groups in total. The maximum Gasteiger partial charge on any atom is 0.298 e. The van der Waals surface area contributed by atoms with Gasteiger partial charge in [-0.3, -0.25) is 10.1 Å². The summed E-state index contributed by atoms with van der Waals surface area (Å²) >= 11 is 0. The summed E-state index contributed by atoms with van der Waals surface area (Å²) in [5.41, 5.74) is 0.811. The van der Waals surface area contributed by atoms with E-state index >= 15 is 0 Å². The molecule has 19 heavy (non-hydrogen) atoms. The van der Waals surface area contributed by atoms with Crippen molar-refractivity contribution in [3.8, 4) is 0 Å². The summed E-state index contributed by atoms with van der Waals surface area (Å²) in [6, 6.07) is 3.91. The minimum Gasteiger partial charge on any atom is -0.370 e. The molecule has 1 aromatic carbocycles. The lowest BCUT2D eigenvalue weighted by molar-refractivity contribution is -0.383. The van der Waals surface area contributed by atoms with E-state index in [1.807, 2.05) is 13.8 Å². The summed E-state index contributed by atoms with van der Waals surface area (Å²) < 4.78 is 13.4. The molecule has 0 unspecified atom stereocenters. The molecule has 1 heterocycles. The van der Waals surface area contributed by atoms with Crippen LogP contribution in [0.3, 0.4) is 0 Å². The first kappa shape index (κ1) is 13.2. The van der Waals surface area contributed by atoms with Gasteiger partial charge >= 0.3 is 0 Å². The number of aryl methyl sites for hydroxylation is 1. The number of nitrogens with zero attached hydrogens (tertiary/aromatic N) is 2. The first-order valence-electron chi connectivity index (χ1n) is 6.08. The lowest BCUT2D eigenvalue weighted by Crippen LogP contribution is -2.04. The van der Waals surface area contributed by atoms with Crippen molar-refractivity contribution in [3.63, 3.8) is 0 Å². The Hall–Kier alpha value is -2.24. The van der Waals surface area contributed by atoms with E-state index in [1.165, 1.54) is 6.07 Å². The van der Waals surface area contributed by atoms with Crippen LogP contribution < -0.4 is 5.32 Å². The number of fused-ring (bicyclic) bond motifs is 1. The van der Waals surface area contributed by atoms with Crippen LogP contribution in [0.5, 0.6) is 0 Å². The minimum atomic E-state index is -0.626. The first-order chi connectivity index (χ1) is 9.06. The van der Waals surface area contributed by atoms with Crippen LogP contribution in [0.1, 0.15) is 19.4 Å². The third-order valence-electron chi connectivity index (χ3n) is 2.86. The summed E-state index contributed by atoms with van der Waals surface area (Å²) in [5.74, 6) is -0.00791. The summed E-state index contributed by atoms with van der Waals surface area (Å²) in [4.78, 5) is 14.6. The zero-order chi connectivity index (χ0) is 14.0. The Balaban J connectivity index is 2.77. The van der Waals surface area contributed by atoms with E-state index in [2.05, 4.69) is 10.3 Å².